The van der Waals surface area contributed by atoms with Gasteiger partial charge in [0.1, 0.15) is 10.8 Å². The summed E-state index contributed by atoms with van der Waals surface area (Å²) in [6, 6.07) is 6.73. The Morgan fingerprint density at radius 2 is 1.97 bits per heavy atom. The summed E-state index contributed by atoms with van der Waals surface area (Å²) in [5.74, 6) is -0.336. The topological polar surface area (TPSA) is 110 Å². The summed E-state index contributed by atoms with van der Waals surface area (Å²) in [6.07, 6.45) is 5.99. The highest BCUT2D eigenvalue weighted by atomic mass is 32.1. The van der Waals surface area contributed by atoms with Crippen LogP contribution in [0.4, 0.5) is 5.00 Å². The summed E-state index contributed by atoms with van der Waals surface area (Å²) < 4.78 is 10.4. The third kappa shape index (κ3) is 5.14. The minimum atomic E-state index is -0.610. The van der Waals surface area contributed by atoms with Gasteiger partial charge in [-0.2, -0.15) is 0 Å². The van der Waals surface area contributed by atoms with Crippen molar-refractivity contribution in [3.8, 4) is 11.4 Å². The molecule has 1 amide bonds. The van der Waals surface area contributed by atoms with Crippen LogP contribution in [0.1, 0.15) is 51.4 Å². The molecule has 9 heteroatoms. The molecule has 3 aromatic rings. The van der Waals surface area contributed by atoms with Crippen LogP contribution in [0.3, 0.4) is 0 Å². The minimum Gasteiger partial charge on any atom is -0.462 e. The molecule has 0 spiro atoms. The van der Waals surface area contributed by atoms with E-state index in [-0.39, 0.29) is 6.61 Å². The monoisotopic (exact) mass is 467 g/mol. The van der Waals surface area contributed by atoms with Crippen LogP contribution in [-0.2, 0) is 27.1 Å². The van der Waals surface area contributed by atoms with Crippen molar-refractivity contribution in [2.45, 2.75) is 33.1 Å². The van der Waals surface area contributed by atoms with Gasteiger partial charge >= 0.3 is 11.9 Å². The number of hydrogen-bond acceptors (Lipinski definition) is 7. The first-order valence-corrected chi connectivity index (χ1v) is 11.7. The molecule has 1 aliphatic carbocycles. The van der Waals surface area contributed by atoms with E-state index in [4.69, 9.17) is 9.47 Å². The molecule has 0 saturated carbocycles. The smallest absolute Gasteiger partial charge is 0.341 e. The Bertz CT molecular complexity index is 1150. The third-order valence-electron chi connectivity index (χ3n) is 5.47. The van der Waals surface area contributed by atoms with Gasteiger partial charge < -0.3 is 19.8 Å². The molecule has 1 unspecified atom stereocenters. The molecule has 1 atom stereocenters. The predicted molar refractivity (Wildman–Crippen MR) is 124 cm³/mol. The van der Waals surface area contributed by atoms with Gasteiger partial charge in [-0.25, -0.2) is 14.6 Å². The number of nitrogens with zero attached hydrogens (tertiary/aromatic N) is 1. The van der Waals surface area contributed by atoms with Crippen molar-refractivity contribution in [3.05, 3.63) is 58.2 Å². The zero-order valence-electron chi connectivity index (χ0n) is 18.5. The van der Waals surface area contributed by atoms with Crippen molar-refractivity contribution >= 4 is 34.2 Å². The molecular weight excluding hydrogens is 442 g/mol. The quantitative estimate of drug-likeness (QED) is 0.503. The molecular formula is C24H25N3O5S. The Kier molecular flexibility index (Phi) is 6.88. The number of carbonyl (C=O) groups is 3. The molecule has 1 aromatic carbocycles. The van der Waals surface area contributed by atoms with Crippen molar-refractivity contribution in [3.63, 3.8) is 0 Å². The summed E-state index contributed by atoms with van der Waals surface area (Å²) in [5, 5.41) is 3.20. The van der Waals surface area contributed by atoms with Crippen LogP contribution in [0.2, 0.25) is 0 Å². The van der Waals surface area contributed by atoms with Gasteiger partial charge in [0.2, 0.25) is 0 Å². The lowest BCUT2D eigenvalue weighted by Crippen LogP contribution is -2.22. The van der Waals surface area contributed by atoms with Gasteiger partial charge in [0.25, 0.3) is 5.91 Å². The Balaban J connectivity index is 1.40. The molecule has 1 aliphatic rings. The number of amides is 1. The lowest BCUT2D eigenvalue weighted by Gasteiger charge is -2.18. The highest BCUT2D eigenvalue weighted by molar-refractivity contribution is 7.17. The zero-order chi connectivity index (χ0) is 23.4. The molecule has 8 nitrogen and oxygen atoms in total. The Morgan fingerprint density at radius 3 is 2.67 bits per heavy atom. The Labute approximate surface area is 195 Å². The average molecular weight is 468 g/mol. The van der Waals surface area contributed by atoms with Crippen molar-refractivity contribution < 1.29 is 23.9 Å². The maximum Gasteiger partial charge on any atom is 0.341 e. The van der Waals surface area contributed by atoms with Crippen LogP contribution in [0.5, 0.6) is 0 Å². The molecule has 172 valence electrons. The van der Waals surface area contributed by atoms with Gasteiger partial charge in [0.15, 0.2) is 6.61 Å². The summed E-state index contributed by atoms with van der Waals surface area (Å²) in [4.78, 5) is 45.7. The van der Waals surface area contributed by atoms with E-state index >= 15 is 0 Å². The van der Waals surface area contributed by atoms with Gasteiger partial charge in [-0.05, 0) is 49.8 Å². The van der Waals surface area contributed by atoms with E-state index < -0.39 is 24.5 Å². The van der Waals surface area contributed by atoms with Crippen molar-refractivity contribution in [1.82, 2.24) is 9.97 Å². The minimum absolute atomic E-state index is 0.254. The van der Waals surface area contributed by atoms with Gasteiger partial charge in [-0.3, -0.25) is 4.79 Å². The second kappa shape index (κ2) is 9.99. The van der Waals surface area contributed by atoms with Gasteiger partial charge in [0, 0.05) is 22.8 Å². The van der Waals surface area contributed by atoms with Gasteiger partial charge in [0.05, 0.1) is 17.7 Å². The van der Waals surface area contributed by atoms with Crippen molar-refractivity contribution in [2.24, 2.45) is 5.92 Å². The first-order chi connectivity index (χ1) is 16.0. The van der Waals surface area contributed by atoms with E-state index in [1.807, 2.05) is 0 Å². The van der Waals surface area contributed by atoms with E-state index in [1.54, 1.807) is 43.6 Å². The number of fused-ring (bicyclic) bond motifs is 1. The first-order valence-electron chi connectivity index (χ1n) is 10.8. The summed E-state index contributed by atoms with van der Waals surface area (Å²) in [7, 11) is 0. The molecule has 33 heavy (non-hydrogen) atoms. The number of H-pyrrole nitrogens is 1. The average Bonchev–Trinajstić information content (AvgIpc) is 3.45. The van der Waals surface area contributed by atoms with E-state index in [9.17, 15) is 14.4 Å². The zero-order valence-corrected chi connectivity index (χ0v) is 19.3. The van der Waals surface area contributed by atoms with E-state index in [0.717, 1.165) is 35.3 Å². The number of hydrogen-bond donors (Lipinski definition) is 2. The number of benzene rings is 1. The standard InChI is InChI=1S/C24H25N3O5S/c1-3-31-24(30)20-17-9-4-14(2)12-18(17)33-22(20)27-19(28)13-32-23(29)16-7-5-15(6-8-16)21-25-10-11-26-21/h5-8,10-11,14H,3-4,9,12-13H2,1-2H3,(H,25,26)(H,27,28). The van der Waals surface area contributed by atoms with Crippen LogP contribution in [0, 0.1) is 5.92 Å². The number of aromatic amines is 1. The third-order valence-corrected chi connectivity index (χ3v) is 6.64. The fourth-order valence-electron chi connectivity index (χ4n) is 3.82. The Morgan fingerprint density at radius 1 is 1.18 bits per heavy atom. The predicted octanol–water partition coefficient (Wildman–Crippen LogP) is 4.24. The Hall–Kier alpha value is -3.46. The molecule has 4 rings (SSSR count). The SMILES string of the molecule is CCOC(=O)c1c(NC(=O)COC(=O)c2ccc(-c3ncc[nH]3)cc2)sc2c1CCC(C)C2. The number of nitrogens with one attached hydrogen (secondary N) is 2. The molecule has 0 fully saturated rings. The van der Waals surface area contributed by atoms with Crippen LogP contribution in [0.15, 0.2) is 36.7 Å². The van der Waals surface area contributed by atoms with E-state index in [0.29, 0.717) is 27.9 Å². The molecule has 0 aliphatic heterocycles. The van der Waals surface area contributed by atoms with Crippen LogP contribution in [-0.4, -0.2) is 41.0 Å². The maximum atomic E-state index is 12.6. The number of rotatable bonds is 7. The lowest BCUT2D eigenvalue weighted by atomic mass is 9.88. The number of carbonyl (C=O) groups excluding carboxylic acids is 3. The number of thiophene rings is 1. The molecule has 0 saturated heterocycles. The van der Waals surface area contributed by atoms with Crippen molar-refractivity contribution in [1.29, 1.82) is 0 Å². The fourth-order valence-corrected chi connectivity index (χ4v) is 5.24. The number of anilines is 1. The molecule has 2 heterocycles. The summed E-state index contributed by atoms with van der Waals surface area (Å²) >= 11 is 1.40. The lowest BCUT2D eigenvalue weighted by molar-refractivity contribution is -0.119. The fraction of sp³-hybridized carbons (Fsp3) is 0.333. The highest BCUT2D eigenvalue weighted by Crippen LogP contribution is 2.40. The molecule has 2 N–H and O–H groups in total. The van der Waals surface area contributed by atoms with E-state index in [2.05, 4.69) is 22.2 Å². The van der Waals surface area contributed by atoms with Crippen LogP contribution < -0.4 is 5.32 Å². The number of esters is 2. The normalized spacial score (nSPS) is 14.9. The van der Waals surface area contributed by atoms with Gasteiger partial charge in [-0.1, -0.05) is 19.1 Å². The summed E-state index contributed by atoms with van der Waals surface area (Å²) in [6.45, 7) is 3.72. The molecule has 2 aromatic heterocycles. The second-order valence-electron chi connectivity index (χ2n) is 7.92. The number of ether oxygens (including phenoxy) is 2. The first kappa shape index (κ1) is 22.7. The maximum absolute atomic E-state index is 12.6. The number of imidazole rings is 1. The number of aromatic nitrogens is 2. The molecule has 0 bridgehead atoms. The molecule has 0 radical (unpaired) electrons. The highest BCUT2D eigenvalue weighted by Gasteiger charge is 2.29. The van der Waals surface area contributed by atoms with E-state index in [1.165, 1.54) is 11.3 Å². The van der Waals surface area contributed by atoms with Gasteiger partial charge in [-0.15, -0.1) is 11.3 Å². The van der Waals surface area contributed by atoms with Crippen LogP contribution >= 0.6 is 11.3 Å². The second-order valence-corrected chi connectivity index (χ2v) is 9.02. The largest absolute Gasteiger partial charge is 0.462 e. The van der Waals surface area contributed by atoms with Crippen molar-refractivity contribution in [2.75, 3.05) is 18.5 Å². The van der Waals surface area contributed by atoms with Crippen LogP contribution in [0.25, 0.3) is 11.4 Å². The summed E-state index contributed by atoms with van der Waals surface area (Å²) in [5.41, 5.74) is 2.54.